The van der Waals surface area contributed by atoms with Crippen LogP contribution in [0.2, 0.25) is 0 Å². The van der Waals surface area contributed by atoms with Crippen molar-refractivity contribution in [2.24, 2.45) is 7.05 Å². The first-order valence-corrected chi connectivity index (χ1v) is 12.8. The zero-order valence-electron chi connectivity index (χ0n) is 19.7. The number of aromatic amines is 1. The number of aliphatic hydroxyl groups excluding tert-OH is 1. The number of aromatic nitrogens is 4. The standard InChI is InChI=1S/C23H30N6O4S/c1-4-6-18-20-21(27(3)26-18)23(31)25-22(24-20)17-9-16(7-8-19(17)33-5-2)34(32)29-10-14(11-29)28-12-15(30)13-28/h7-9,14-15,30H,4-6,10-13H2,1-3H3,(H,24,25,31). The Morgan fingerprint density at radius 1 is 1.24 bits per heavy atom. The average Bonchev–Trinajstić information content (AvgIpc) is 3.07. The number of rotatable bonds is 8. The van der Waals surface area contributed by atoms with Gasteiger partial charge in [-0.15, -0.1) is 0 Å². The number of H-pyrrole nitrogens is 1. The second-order valence-electron chi connectivity index (χ2n) is 8.88. The SMILES string of the molecule is CCCc1nn(C)c2c(=O)[nH]c(-c3cc(S(=O)N4CC(N5CC(O)C5)C4)ccc3OCC)nc12. The topological polar surface area (TPSA) is 117 Å². The van der Waals surface area contributed by atoms with E-state index in [-0.39, 0.29) is 11.7 Å². The van der Waals surface area contributed by atoms with Crippen molar-refractivity contribution in [1.29, 1.82) is 0 Å². The van der Waals surface area contributed by atoms with Crippen molar-refractivity contribution in [2.75, 3.05) is 32.8 Å². The molecule has 0 bridgehead atoms. The van der Waals surface area contributed by atoms with E-state index < -0.39 is 11.0 Å². The van der Waals surface area contributed by atoms with Gasteiger partial charge >= 0.3 is 0 Å². The van der Waals surface area contributed by atoms with Crippen molar-refractivity contribution in [3.63, 3.8) is 0 Å². The predicted molar refractivity (Wildman–Crippen MR) is 129 cm³/mol. The fourth-order valence-corrected chi connectivity index (χ4v) is 5.90. The van der Waals surface area contributed by atoms with Gasteiger partial charge in [0.15, 0.2) is 5.52 Å². The Kier molecular flexibility index (Phi) is 6.28. The number of fused-ring (bicyclic) bond motifs is 1. The summed E-state index contributed by atoms with van der Waals surface area (Å²) in [7, 11) is 0.400. The molecule has 0 saturated carbocycles. The molecule has 2 fully saturated rings. The van der Waals surface area contributed by atoms with Gasteiger partial charge in [-0.3, -0.25) is 14.4 Å². The number of nitrogens with zero attached hydrogens (tertiary/aromatic N) is 5. The fraction of sp³-hybridized carbons (Fsp3) is 0.522. The van der Waals surface area contributed by atoms with Gasteiger partial charge in [0.2, 0.25) is 0 Å². The molecule has 0 spiro atoms. The van der Waals surface area contributed by atoms with Gasteiger partial charge in [-0.25, -0.2) is 13.5 Å². The van der Waals surface area contributed by atoms with Crippen LogP contribution in [-0.2, 0) is 24.5 Å². The molecular weight excluding hydrogens is 456 g/mol. The summed E-state index contributed by atoms with van der Waals surface area (Å²) in [4.78, 5) is 23.4. The molecule has 0 radical (unpaired) electrons. The summed E-state index contributed by atoms with van der Waals surface area (Å²) in [6, 6.07) is 5.71. The number of β-amino-alcohol motifs (C(OH)–C–C–N with tert-alkyl or cyclic N) is 1. The summed E-state index contributed by atoms with van der Waals surface area (Å²) in [5.74, 6) is 0.948. The van der Waals surface area contributed by atoms with Crippen LogP contribution in [0.3, 0.4) is 0 Å². The molecular formula is C23H30N6O4S. The lowest BCUT2D eigenvalue weighted by Gasteiger charge is -2.49. The second kappa shape index (κ2) is 9.21. The Labute approximate surface area is 200 Å². The van der Waals surface area contributed by atoms with E-state index in [1.807, 2.05) is 11.2 Å². The first-order valence-electron chi connectivity index (χ1n) is 11.7. The van der Waals surface area contributed by atoms with Gasteiger partial charge in [0, 0.05) is 39.3 Å². The van der Waals surface area contributed by atoms with E-state index in [4.69, 9.17) is 9.72 Å². The van der Waals surface area contributed by atoms with Crippen LogP contribution < -0.4 is 10.3 Å². The van der Waals surface area contributed by atoms with Gasteiger partial charge in [0.25, 0.3) is 5.56 Å². The molecule has 11 heteroatoms. The maximum absolute atomic E-state index is 13.3. The van der Waals surface area contributed by atoms with Crippen molar-refractivity contribution < 1.29 is 14.1 Å². The summed E-state index contributed by atoms with van der Waals surface area (Å²) in [5, 5.41) is 14.0. The number of likely N-dealkylation sites (tertiary alicyclic amines) is 1. The largest absolute Gasteiger partial charge is 0.493 e. The minimum atomic E-state index is -1.34. The summed E-state index contributed by atoms with van der Waals surface area (Å²) in [5.41, 5.74) is 2.13. The molecule has 2 N–H and O–H groups in total. The highest BCUT2D eigenvalue weighted by Crippen LogP contribution is 2.32. The average molecular weight is 487 g/mol. The van der Waals surface area contributed by atoms with Crippen LogP contribution >= 0.6 is 0 Å². The molecule has 2 aliphatic heterocycles. The van der Waals surface area contributed by atoms with Gasteiger partial charge in [-0.1, -0.05) is 13.3 Å². The molecule has 1 unspecified atom stereocenters. The molecule has 0 amide bonds. The zero-order chi connectivity index (χ0) is 24.0. The first-order chi connectivity index (χ1) is 16.4. The Morgan fingerprint density at radius 3 is 2.68 bits per heavy atom. The molecule has 2 saturated heterocycles. The molecule has 4 heterocycles. The Hall–Kier alpha value is -2.60. The lowest BCUT2D eigenvalue weighted by molar-refractivity contribution is -0.0521. The number of benzene rings is 1. The minimum Gasteiger partial charge on any atom is -0.493 e. The lowest BCUT2D eigenvalue weighted by atomic mass is 10.0. The summed E-state index contributed by atoms with van der Waals surface area (Å²) in [6.07, 6.45) is 1.37. The van der Waals surface area contributed by atoms with E-state index in [0.29, 0.717) is 71.9 Å². The number of aliphatic hydroxyl groups is 1. The zero-order valence-corrected chi connectivity index (χ0v) is 20.5. The normalized spacial score (nSPS) is 18.7. The predicted octanol–water partition coefficient (Wildman–Crippen LogP) is 1.06. The Balaban J connectivity index is 1.48. The van der Waals surface area contributed by atoms with E-state index in [0.717, 1.165) is 18.5 Å². The smallest absolute Gasteiger partial charge is 0.277 e. The Morgan fingerprint density at radius 2 is 2.00 bits per heavy atom. The third-order valence-corrected chi connectivity index (χ3v) is 7.85. The highest BCUT2D eigenvalue weighted by Gasteiger charge is 2.40. The van der Waals surface area contributed by atoms with E-state index in [1.54, 1.807) is 29.9 Å². The molecule has 2 aliphatic rings. The van der Waals surface area contributed by atoms with Gasteiger partial charge in [0.05, 0.1) is 28.9 Å². The molecule has 1 atom stereocenters. The molecule has 182 valence electrons. The molecule has 0 aliphatic carbocycles. The van der Waals surface area contributed by atoms with Crippen LogP contribution in [0.1, 0.15) is 26.0 Å². The van der Waals surface area contributed by atoms with Crippen molar-refractivity contribution in [3.8, 4) is 17.1 Å². The Bertz CT molecular complexity index is 1290. The monoisotopic (exact) mass is 486 g/mol. The summed E-state index contributed by atoms with van der Waals surface area (Å²) < 4.78 is 22.6. The molecule has 10 nitrogen and oxygen atoms in total. The van der Waals surface area contributed by atoms with Gasteiger partial charge in [0.1, 0.15) is 28.1 Å². The van der Waals surface area contributed by atoms with Gasteiger partial charge in [-0.2, -0.15) is 5.10 Å². The third-order valence-electron chi connectivity index (χ3n) is 6.43. The van der Waals surface area contributed by atoms with E-state index in [1.165, 1.54) is 0 Å². The number of nitrogens with one attached hydrogen (secondary N) is 1. The van der Waals surface area contributed by atoms with Crippen LogP contribution in [-0.4, -0.2) is 83.2 Å². The molecule has 5 rings (SSSR count). The third kappa shape index (κ3) is 4.06. The van der Waals surface area contributed by atoms with Gasteiger partial charge < -0.3 is 14.8 Å². The van der Waals surface area contributed by atoms with Gasteiger partial charge in [-0.05, 0) is 31.5 Å². The van der Waals surface area contributed by atoms with E-state index in [2.05, 4.69) is 21.9 Å². The summed E-state index contributed by atoms with van der Waals surface area (Å²) >= 11 is 0. The van der Waals surface area contributed by atoms with Crippen LogP contribution in [0.25, 0.3) is 22.4 Å². The van der Waals surface area contributed by atoms with Crippen LogP contribution in [0, 0.1) is 0 Å². The molecule has 1 aromatic carbocycles. The fourth-order valence-electron chi connectivity index (χ4n) is 4.58. The maximum atomic E-state index is 13.3. The number of aryl methyl sites for hydroxylation is 2. The maximum Gasteiger partial charge on any atom is 0.277 e. The molecule has 2 aromatic heterocycles. The van der Waals surface area contributed by atoms with Crippen molar-refractivity contribution in [1.82, 2.24) is 29.0 Å². The minimum absolute atomic E-state index is 0.238. The quantitative estimate of drug-likeness (QED) is 0.489. The number of hydrogen-bond acceptors (Lipinski definition) is 7. The van der Waals surface area contributed by atoms with Crippen molar-refractivity contribution in [3.05, 3.63) is 34.2 Å². The van der Waals surface area contributed by atoms with Crippen molar-refractivity contribution in [2.45, 2.75) is 43.7 Å². The highest BCUT2D eigenvalue weighted by atomic mass is 32.2. The number of ether oxygens (including phenoxy) is 1. The summed E-state index contributed by atoms with van der Waals surface area (Å²) in [6.45, 7) is 7.17. The molecule has 34 heavy (non-hydrogen) atoms. The highest BCUT2D eigenvalue weighted by molar-refractivity contribution is 7.82. The molecule has 3 aromatic rings. The number of hydrogen-bond donors (Lipinski definition) is 2. The van der Waals surface area contributed by atoms with E-state index >= 15 is 0 Å². The lowest BCUT2D eigenvalue weighted by Crippen LogP contribution is -2.66. The van der Waals surface area contributed by atoms with Crippen LogP contribution in [0.15, 0.2) is 27.9 Å². The van der Waals surface area contributed by atoms with Crippen molar-refractivity contribution >= 4 is 22.0 Å². The van der Waals surface area contributed by atoms with Crippen LogP contribution in [0.4, 0.5) is 0 Å². The first kappa shape index (κ1) is 23.2. The van der Waals surface area contributed by atoms with E-state index in [9.17, 15) is 14.1 Å². The van der Waals surface area contributed by atoms with Crippen LogP contribution in [0.5, 0.6) is 5.75 Å². The second-order valence-corrected chi connectivity index (χ2v) is 10.4.